The first kappa shape index (κ1) is 21.8. The predicted molar refractivity (Wildman–Crippen MR) is 130 cm³/mol. The van der Waals surface area contributed by atoms with E-state index >= 15 is 0 Å². The van der Waals surface area contributed by atoms with Crippen molar-refractivity contribution in [1.82, 2.24) is 0 Å². The average molecular weight is 473 g/mol. The van der Waals surface area contributed by atoms with Crippen LogP contribution in [-0.4, -0.2) is 25.2 Å². The molecule has 170 valence electrons. The molecule has 2 N–H and O–H groups in total. The zero-order valence-electron chi connectivity index (χ0n) is 18.1. The molecule has 0 atom stereocenters. The van der Waals surface area contributed by atoms with Gasteiger partial charge in [0, 0.05) is 16.4 Å². The highest BCUT2D eigenvalue weighted by molar-refractivity contribution is 6.30. The third-order valence-corrected chi connectivity index (χ3v) is 5.96. The molecular weight excluding hydrogens is 452 g/mol. The number of hydrogen-bond acceptors (Lipinski definition) is 6. The lowest BCUT2D eigenvalue weighted by atomic mass is 9.83. The van der Waals surface area contributed by atoms with E-state index in [0.717, 1.165) is 16.9 Å². The standard InChI is InChI=1S/C27H21ClN2O4/c28-18-13-11-17(12-14-18)23(24-21(15-33-26(24)31)29-19-7-3-1-4-8-19)25-22(16-34-27(25)32)30-20-9-5-2-6-10-20/h1-14,23,29-30H,15-16H2. The van der Waals surface area contributed by atoms with Crippen molar-refractivity contribution in [2.24, 2.45) is 0 Å². The van der Waals surface area contributed by atoms with Crippen LogP contribution in [0.4, 0.5) is 11.4 Å². The number of benzene rings is 3. The van der Waals surface area contributed by atoms with Crippen molar-refractivity contribution in [1.29, 1.82) is 0 Å². The molecule has 7 heteroatoms. The predicted octanol–water partition coefficient (Wildman–Crippen LogP) is 5.27. The molecule has 2 heterocycles. The molecule has 0 unspecified atom stereocenters. The zero-order valence-corrected chi connectivity index (χ0v) is 18.8. The lowest BCUT2D eigenvalue weighted by molar-refractivity contribution is -0.136. The molecule has 2 aliphatic rings. The van der Waals surface area contributed by atoms with E-state index in [9.17, 15) is 9.59 Å². The van der Waals surface area contributed by atoms with Gasteiger partial charge in [0.2, 0.25) is 0 Å². The van der Waals surface area contributed by atoms with Crippen molar-refractivity contribution in [2.45, 2.75) is 5.92 Å². The van der Waals surface area contributed by atoms with Gasteiger partial charge in [-0.1, -0.05) is 60.1 Å². The molecule has 0 amide bonds. The van der Waals surface area contributed by atoms with Crippen molar-refractivity contribution < 1.29 is 19.1 Å². The monoisotopic (exact) mass is 472 g/mol. The third kappa shape index (κ3) is 4.40. The molecule has 0 fully saturated rings. The van der Waals surface area contributed by atoms with Crippen LogP contribution < -0.4 is 10.6 Å². The van der Waals surface area contributed by atoms with Gasteiger partial charge in [-0.05, 0) is 42.0 Å². The summed E-state index contributed by atoms with van der Waals surface area (Å²) in [5.74, 6) is -1.67. The Labute approximate surface area is 201 Å². The van der Waals surface area contributed by atoms with Crippen LogP contribution in [0.15, 0.2) is 107 Å². The van der Waals surface area contributed by atoms with Gasteiger partial charge in [0.25, 0.3) is 0 Å². The lowest BCUT2D eigenvalue weighted by Gasteiger charge is -2.20. The Hall–Kier alpha value is -4.03. The molecule has 0 radical (unpaired) electrons. The molecule has 0 bridgehead atoms. The summed E-state index contributed by atoms with van der Waals surface area (Å²) < 4.78 is 10.9. The van der Waals surface area contributed by atoms with Crippen molar-refractivity contribution in [3.8, 4) is 0 Å². The van der Waals surface area contributed by atoms with E-state index < -0.39 is 17.9 Å². The van der Waals surface area contributed by atoms with E-state index in [1.165, 1.54) is 0 Å². The van der Waals surface area contributed by atoms with Gasteiger partial charge < -0.3 is 20.1 Å². The first-order chi connectivity index (χ1) is 16.6. The first-order valence-corrected chi connectivity index (χ1v) is 11.2. The largest absolute Gasteiger partial charge is 0.456 e. The topological polar surface area (TPSA) is 76.7 Å². The second-order valence-electron chi connectivity index (χ2n) is 7.90. The molecule has 0 aromatic heterocycles. The van der Waals surface area contributed by atoms with E-state index in [-0.39, 0.29) is 13.2 Å². The number of anilines is 2. The number of esters is 2. The fourth-order valence-electron chi connectivity index (χ4n) is 4.15. The summed E-state index contributed by atoms with van der Waals surface area (Å²) >= 11 is 6.13. The molecule has 34 heavy (non-hydrogen) atoms. The summed E-state index contributed by atoms with van der Waals surface area (Å²) in [5.41, 5.74) is 4.29. The Morgan fingerprint density at radius 2 is 1.09 bits per heavy atom. The number of nitrogens with one attached hydrogen (secondary N) is 2. The van der Waals surface area contributed by atoms with Crippen LogP contribution >= 0.6 is 11.6 Å². The van der Waals surface area contributed by atoms with Gasteiger partial charge in [-0.3, -0.25) is 0 Å². The van der Waals surface area contributed by atoms with Gasteiger partial charge in [0.15, 0.2) is 0 Å². The summed E-state index contributed by atoms with van der Waals surface area (Å²) in [6.07, 6.45) is 0. The first-order valence-electron chi connectivity index (χ1n) is 10.8. The van der Waals surface area contributed by atoms with Crippen LogP contribution in [0.5, 0.6) is 0 Å². The van der Waals surface area contributed by atoms with Gasteiger partial charge >= 0.3 is 11.9 Å². The fraction of sp³-hybridized carbons (Fsp3) is 0.111. The van der Waals surface area contributed by atoms with Gasteiger partial charge in [-0.2, -0.15) is 0 Å². The van der Waals surface area contributed by atoms with Crippen molar-refractivity contribution in [2.75, 3.05) is 23.8 Å². The normalized spacial score (nSPS) is 15.6. The van der Waals surface area contributed by atoms with E-state index in [0.29, 0.717) is 27.6 Å². The highest BCUT2D eigenvalue weighted by Gasteiger charge is 2.41. The lowest BCUT2D eigenvalue weighted by Crippen LogP contribution is -2.19. The highest BCUT2D eigenvalue weighted by atomic mass is 35.5. The van der Waals surface area contributed by atoms with Crippen LogP contribution in [0, 0.1) is 0 Å². The zero-order chi connectivity index (χ0) is 23.5. The quantitative estimate of drug-likeness (QED) is 0.456. The average Bonchev–Trinajstić information content (AvgIpc) is 3.39. The molecule has 0 spiro atoms. The Morgan fingerprint density at radius 3 is 1.53 bits per heavy atom. The van der Waals surface area contributed by atoms with Crippen LogP contribution in [0.2, 0.25) is 5.02 Å². The Kier molecular flexibility index (Phi) is 6.06. The van der Waals surface area contributed by atoms with Gasteiger partial charge in [0.05, 0.1) is 28.5 Å². The minimum atomic E-state index is -0.709. The number of cyclic esters (lactones) is 2. The second-order valence-corrected chi connectivity index (χ2v) is 8.34. The summed E-state index contributed by atoms with van der Waals surface area (Å²) in [6, 6.07) is 26.1. The van der Waals surface area contributed by atoms with Crippen LogP contribution in [0.1, 0.15) is 11.5 Å². The van der Waals surface area contributed by atoms with Crippen molar-refractivity contribution in [3.63, 3.8) is 0 Å². The van der Waals surface area contributed by atoms with Crippen LogP contribution in [-0.2, 0) is 19.1 Å². The minimum Gasteiger partial charge on any atom is -0.456 e. The maximum Gasteiger partial charge on any atom is 0.337 e. The maximum absolute atomic E-state index is 13.0. The number of hydrogen-bond donors (Lipinski definition) is 2. The number of para-hydroxylation sites is 2. The minimum absolute atomic E-state index is 0.0803. The second kappa shape index (κ2) is 9.45. The van der Waals surface area contributed by atoms with Crippen molar-refractivity contribution in [3.05, 3.63) is 118 Å². The summed E-state index contributed by atoms with van der Waals surface area (Å²) in [7, 11) is 0. The van der Waals surface area contributed by atoms with E-state index in [4.69, 9.17) is 21.1 Å². The molecule has 3 aromatic carbocycles. The number of halogens is 1. The number of carbonyl (C=O) groups is 2. The molecule has 3 aromatic rings. The maximum atomic E-state index is 13.0. The van der Waals surface area contributed by atoms with Gasteiger partial charge in [-0.25, -0.2) is 9.59 Å². The molecule has 5 rings (SSSR count). The van der Waals surface area contributed by atoms with E-state index in [1.54, 1.807) is 12.1 Å². The van der Waals surface area contributed by atoms with Crippen LogP contribution in [0.3, 0.4) is 0 Å². The number of ether oxygens (including phenoxy) is 2. The SMILES string of the molecule is O=C1OCC(Nc2ccccc2)=C1C(C1=C(Nc2ccccc2)COC1=O)c1ccc(Cl)cc1. The van der Waals surface area contributed by atoms with Crippen LogP contribution in [0.25, 0.3) is 0 Å². The fourth-order valence-corrected chi connectivity index (χ4v) is 4.27. The molecule has 0 saturated carbocycles. The summed E-state index contributed by atoms with van der Waals surface area (Å²) in [6.45, 7) is 0.161. The van der Waals surface area contributed by atoms with E-state index in [2.05, 4.69) is 10.6 Å². The summed E-state index contributed by atoms with van der Waals surface area (Å²) in [4.78, 5) is 26.1. The molecule has 2 aliphatic heterocycles. The Morgan fingerprint density at radius 1 is 0.647 bits per heavy atom. The highest BCUT2D eigenvalue weighted by Crippen LogP contribution is 2.41. The summed E-state index contributed by atoms with van der Waals surface area (Å²) in [5, 5.41) is 7.15. The molecular formula is C27H21ClN2O4. The van der Waals surface area contributed by atoms with Gasteiger partial charge in [0.1, 0.15) is 13.2 Å². The Balaban J connectivity index is 1.65. The van der Waals surface area contributed by atoms with Gasteiger partial charge in [-0.15, -0.1) is 0 Å². The molecule has 0 aliphatic carbocycles. The molecule has 0 saturated heterocycles. The molecule has 6 nitrogen and oxygen atoms in total. The number of carbonyl (C=O) groups excluding carboxylic acids is 2. The van der Waals surface area contributed by atoms with E-state index in [1.807, 2.05) is 72.8 Å². The third-order valence-electron chi connectivity index (χ3n) is 5.70. The van der Waals surface area contributed by atoms with Crippen molar-refractivity contribution >= 4 is 34.9 Å². The Bertz CT molecular complexity index is 1210. The number of rotatable bonds is 7. The smallest absolute Gasteiger partial charge is 0.337 e.